The first-order chi connectivity index (χ1) is 13.2. The smallest absolute Gasteiger partial charge is 0.232 e. The van der Waals surface area contributed by atoms with Crippen LogP contribution in [0.5, 0.6) is 11.5 Å². The van der Waals surface area contributed by atoms with Gasteiger partial charge in [-0.2, -0.15) is 0 Å². The summed E-state index contributed by atoms with van der Waals surface area (Å²) >= 11 is 0. The van der Waals surface area contributed by atoms with Crippen LogP contribution in [-0.2, 0) is 4.79 Å². The van der Waals surface area contributed by atoms with E-state index >= 15 is 0 Å². The summed E-state index contributed by atoms with van der Waals surface area (Å²) in [5.74, 6) is 0.917. The molecule has 0 saturated heterocycles. The van der Waals surface area contributed by atoms with E-state index in [2.05, 4.69) is 5.32 Å². The summed E-state index contributed by atoms with van der Waals surface area (Å²) in [6, 6.07) is 24.7. The van der Waals surface area contributed by atoms with E-state index in [1.807, 2.05) is 78.9 Å². The second kappa shape index (κ2) is 7.64. The lowest BCUT2D eigenvalue weighted by Crippen LogP contribution is -2.32. The number of para-hydroxylation sites is 2. The van der Waals surface area contributed by atoms with E-state index < -0.39 is 12.0 Å². The van der Waals surface area contributed by atoms with Gasteiger partial charge in [-0.05, 0) is 24.1 Å². The Morgan fingerprint density at radius 2 is 1.44 bits per heavy atom. The van der Waals surface area contributed by atoms with Gasteiger partial charge < -0.3 is 15.2 Å². The van der Waals surface area contributed by atoms with Crippen LogP contribution >= 0.6 is 0 Å². The molecule has 4 nitrogen and oxygen atoms in total. The Balaban J connectivity index is 1.49. The van der Waals surface area contributed by atoms with Gasteiger partial charge in [0.05, 0.1) is 12.0 Å². The zero-order valence-corrected chi connectivity index (χ0v) is 14.8. The standard InChI is InChI=1S/C23H21NO3/c25-19(16-8-2-1-3-9-16)14-15-24-23(26)22-17-10-4-6-12-20(17)27-21-13-7-5-11-18(21)22/h1-13,19,22,25H,14-15H2,(H,24,26). The maximum absolute atomic E-state index is 13.0. The minimum Gasteiger partial charge on any atom is -0.457 e. The molecule has 0 radical (unpaired) electrons. The summed E-state index contributed by atoms with van der Waals surface area (Å²) < 4.78 is 5.94. The zero-order valence-electron chi connectivity index (χ0n) is 14.8. The molecule has 0 aliphatic carbocycles. The van der Waals surface area contributed by atoms with Crippen LogP contribution in [0.15, 0.2) is 78.9 Å². The van der Waals surface area contributed by atoms with Crippen molar-refractivity contribution in [3.8, 4) is 11.5 Å². The van der Waals surface area contributed by atoms with Gasteiger partial charge in [0.2, 0.25) is 5.91 Å². The number of carbonyl (C=O) groups excluding carboxylic acids is 1. The van der Waals surface area contributed by atoms with E-state index in [0.717, 1.165) is 16.7 Å². The number of hydrogen-bond donors (Lipinski definition) is 2. The van der Waals surface area contributed by atoms with Gasteiger partial charge in [-0.15, -0.1) is 0 Å². The van der Waals surface area contributed by atoms with Crippen LogP contribution in [0.4, 0.5) is 0 Å². The molecule has 1 aliphatic rings. The molecule has 4 heteroatoms. The highest BCUT2D eigenvalue weighted by atomic mass is 16.5. The molecule has 4 rings (SSSR count). The molecule has 2 N–H and O–H groups in total. The number of ether oxygens (including phenoxy) is 1. The quantitative estimate of drug-likeness (QED) is 0.719. The highest BCUT2D eigenvalue weighted by Gasteiger charge is 2.32. The first-order valence-electron chi connectivity index (χ1n) is 9.10. The van der Waals surface area contributed by atoms with Crippen LogP contribution in [0.25, 0.3) is 0 Å². The molecule has 0 saturated carbocycles. The third kappa shape index (κ3) is 3.57. The third-order valence-corrected chi connectivity index (χ3v) is 4.84. The van der Waals surface area contributed by atoms with E-state index in [1.165, 1.54) is 0 Å². The molecular formula is C23H21NO3. The molecule has 0 bridgehead atoms. The van der Waals surface area contributed by atoms with Gasteiger partial charge >= 0.3 is 0 Å². The van der Waals surface area contributed by atoms with Gasteiger partial charge in [0.1, 0.15) is 11.5 Å². The fourth-order valence-corrected chi connectivity index (χ4v) is 3.47. The second-order valence-electron chi connectivity index (χ2n) is 6.62. The van der Waals surface area contributed by atoms with E-state index in [0.29, 0.717) is 24.5 Å². The van der Waals surface area contributed by atoms with Gasteiger partial charge in [0.25, 0.3) is 0 Å². The topological polar surface area (TPSA) is 58.6 Å². The van der Waals surface area contributed by atoms with E-state index in [1.54, 1.807) is 0 Å². The number of hydrogen-bond acceptors (Lipinski definition) is 3. The Hall–Kier alpha value is -3.11. The van der Waals surface area contributed by atoms with Crippen molar-refractivity contribution in [1.29, 1.82) is 0 Å². The summed E-state index contributed by atoms with van der Waals surface area (Å²) in [5.41, 5.74) is 2.57. The molecule has 0 spiro atoms. The van der Waals surface area contributed by atoms with Crippen LogP contribution in [0.1, 0.15) is 35.1 Å². The number of fused-ring (bicyclic) bond motifs is 2. The van der Waals surface area contributed by atoms with Crippen LogP contribution in [0, 0.1) is 0 Å². The van der Waals surface area contributed by atoms with Crippen molar-refractivity contribution < 1.29 is 14.6 Å². The lowest BCUT2D eigenvalue weighted by Gasteiger charge is -2.27. The lowest BCUT2D eigenvalue weighted by atomic mass is 9.87. The molecule has 136 valence electrons. The molecule has 3 aromatic rings. The van der Waals surface area contributed by atoms with E-state index in [-0.39, 0.29) is 5.91 Å². The number of nitrogens with one attached hydrogen (secondary N) is 1. The monoisotopic (exact) mass is 359 g/mol. The lowest BCUT2D eigenvalue weighted by molar-refractivity contribution is -0.121. The maximum Gasteiger partial charge on any atom is 0.232 e. The molecule has 3 aromatic carbocycles. The number of aliphatic hydroxyl groups excluding tert-OH is 1. The average Bonchev–Trinajstić information content (AvgIpc) is 2.72. The summed E-state index contributed by atoms with van der Waals surface area (Å²) in [7, 11) is 0. The minimum atomic E-state index is -0.597. The van der Waals surface area contributed by atoms with Crippen LogP contribution in [-0.4, -0.2) is 17.6 Å². The molecular weight excluding hydrogens is 338 g/mol. The summed E-state index contributed by atoms with van der Waals surface area (Å²) in [4.78, 5) is 13.0. The van der Waals surface area contributed by atoms with Crippen molar-refractivity contribution in [2.75, 3.05) is 6.54 Å². The van der Waals surface area contributed by atoms with E-state index in [9.17, 15) is 9.90 Å². The number of aliphatic hydroxyl groups is 1. The Labute approximate surface area is 158 Å². The number of carbonyl (C=O) groups is 1. The van der Waals surface area contributed by atoms with Gasteiger partial charge in [0, 0.05) is 17.7 Å². The molecule has 0 fully saturated rings. The summed E-state index contributed by atoms with van der Waals surface area (Å²) in [6.45, 7) is 0.399. The first kappa shape index (κ1) is 17.3. The Kier molecular flexibility index (Phi) is 4.90. The molecule has 1 unspecified atom stereocenters. The predicted octanol–water partition coefficient (Wildman–Crippen LogP) is 4.16. The molecule has 1 aliphatic heterocycles. The van der Waals surface area contributed by atoms with Crippen molar-refractivity contribution >= 4 is 5.91 Å². The number of amides is 1. The van der Waals surface area contributed by atoms with Crippen molar-refractivity contribution in [2.45, 2.75) is 18.4 Å². The van der Waals surface area contributed by atoms with Gasteiger partial charge in [0.15, 0.2) is 0 Å². The largest absolute Gasteiger partial charge is 0.457 e. The second-order valence-corrected chi connectivity index (χ2v) is 6.62. The normalized spacial score (nSPS) is 13.8. The zero-order chi connectivity index (χ0) is 18.6. The minimum absolute atomic E-state index is 0.0848. The molecule has 27 heavy (non-hydrogen) atoms. The van der Waals surface area contributed by atoms with Gasteiger partial charge in [-0.25, -0.2) is 0 Å². The van der Waals surface area contributed by atoms with Crippen molar-refractivity contribution in [1.82, 2.24) is 5.32 Å². The Bertz CT molecular complexity index is 894. The van der Waals surface area contributed by atoms with Crippen molar-refractivity contribution in [2.24, 2.45) is 0 Å². The number of benzene rings is 3. The number of rotatable bonds is 5. The predicted molar refractivity (Wildman–Crippen MR) is 104 cm³/mol. The van der Waals surface area contributed by atoms with E-state index in [4.69, 9.17) is 4.74 Å². The van der Waals surface area contributed by atoms with Gasteiger partial charge in [-0.1, -0.05) is 66.7 Å². The molecule has 1 amide bonds. The Morgan fingerprint density at radius 3 is 2.07 bits per heavy atom. The van der Waals surface area contributed by atoms with Crippen LogP contribution in [0.2, 0.25) is 0 Å². The van der Waals surface area contributed by atoms with Crippen molar-refractivity contribution in [3.05, 3.63) is 95.6 Å². The fraction of sp³-hybridized carbons (Fsp3) is 0.174. The first-order valence-corrected chi connectivity index (χ1v) is 9.10. The third-order valence-electron chi connectivity index (χ3n) is 4.84. The Morgan fingerprint density at radius 1 is 0.889 bits per heavy atom. The maximum atomic E-state index is 13.0. The fourth-order valence-electron chi connectivity index (χ4n) is 3.47. The molecule has 1 atom stereocenters. The molecule has 0 aromatic heterocycles. The summed E-state index contributed by atoms with van der Waals surface area (Å²) in [5, 5.41) is 13.3. The van der Waals surface area contributed by atoms with Crippen LogP contribution in [0.3, 0.4) is 0 Å². The average molecular weight is 359 g/mol. The summed E-state index contributed by atoms with van der Waals surface area (Å²) in [6.07, 6.45) is -0.136. The van der Waals surface area contributed by atoms with Gasteiger partial charge in [-0.3, -0.25) is 4.79 Å². The highest BCUT2D eigenvalue weighted by molar-refractivity contribution is 5.89. The van der Waals surface area contributed by atoms with Crippen molar-refractivity contribution in [3.63, 3.8) is 0 Å². The molecule has 1 heterocycles. The highest BCUT2D eigenvalue weighted by Crippen LogP contribution is 2.43. The SMILES string of the molecule is O=C(NCCC(O)c1ccccc1)C1c2ccccc2Oc2ccccc21. The van der Waals surface area contributed by atoms with Crippen LogP contribution < -0.4 is 10.1 Å².